The molecular formula is C10H18FNO. The Morgan fingerprint density at radius 1 is 1.38 bits per heavy atom. The summed E-state index contributed by atoms with van der Waals surface area (Å²) in [7, 11) is 0. The van der Waals surface area contributed by atoms with Gasteiger partial charge in [-0.25, -0.2) is 0 Å². The van der Waals surface area contributed by atoms with E-state index in [-0.39, 0.29) is 6.67 Å². The maximum atomic E-state index is 12.0. The van der Waals surface area contributed by atoms with Crippen molar-refractivity contribution < 1.29 is 9.13 Å². The van der Waals surface area contributed by atoms with Crippen LogP contribution in [0.1, 0.15) is 25.7 Å². The van der Waals surface area contributed by atoms with Gasteiger partial charge in [0, 0.05) is 19.1 Å². The lowest BCUT2D eigenvalue weighted by atomic mass is 10.1. The quantitative estimate of drug-likeness (QED) is 0.665. The largest absolute Gasteiger partial charge is 0.375 e. The predicted octanol–water partition coefficient (Wildman–Crippen LogP) is 1.60. The molecular weight excluding hydrogens is 169 g/mol. The monoisotopic (exact) mass is 187 g/mol. The van der Waals surface area contributed by atoms with Crippen molar-refractivity contribution in [3.8, 4) is 0 Å². The predicted molar refractivity (Wildman–Crippen MR) is 49.5 cm³/mol. The van der Waals surface area contributed by atoms with E-state index in [9.17, 15) is 4.39 Å². The van der Waals surface area contributed by atoms with Gasteiger partial charge >= 0.3 is 0 Å². The van der Waals surface area contributed by atoms with Crippen molar-refractivity contribution >= 4 is 0 Å². The molecule has 0 aromatic heterocycles. The van der Waals surface area contributed by atoms with Gasteiger partial charge < -0.3 is 4.74 Å². The Kier molecular flexibility index (Phi) is 3.17. The number of fused-ring (bicyclic) bond motifs is 1. The molecule has 1 heterocycles. The third-order valence-corrected chi connectivity index (χ3v) is 3.18. The molecule has 1 saturated heterocycles. The lowest BCUT2D eigenvalue weighted by Crippen LogP contribution is -2.48. The van der Waals surface area contributed by atoms with Crippen LogP contribution in [-0.2, 0) is 4.74 Å². The van der Waals surface area contributed by atoms with Crippen molar-refractivity contribution in [1.82, 2.24) is 4.90 Å². The van der Waals surface area contributed by atoms with Crippen LogP contribution >= 0.6 is 0 Å². The fraction of sp³-hybridized carbons (Fsp3) is 1.00. The standard InChI is InChI=1S/C10H18FNO/c11-5-2-6-12-7-8-13-10-4-1-3-9(10)12/h9-10H,1-8H2/t9-,10+/m1/s1. The van der Waals surface area contributed by atoms with Crippen molar-refractivity contribution in [2.24, 2.45) is 0 Å². The number of hydrogen-bond acceptors (Lipinski definition) is 2. The highest BCUT2D eigenvalue weighted by molar-refractivity contribution is 4.89. The van der Waals surface area contributed by atoms with Crippen LogP contribution in [0.5, 0.6) is 0 Å². The highest BCUT2D eigenvalue weighted by atomic mass is 19.1. The number of alkyl halides is 1. The Bertz CT molecular complexity index is 165. The van der Waals surface area contributed by atoms with Gasteiger partial charge in [0.05, 0.1) is 19.4 Å². The van der Waals surface area contributed by atoms with Crippen LogP contribution in [0.3, 0.4) is 0 Å². The normalized spacial score (nSPS) is 34.8. The lowest BCUT2D eigenvalue weighted by Gasteiger charge is -2.37. The molecule has 2 atom stereocenters. The van der Waals surface area contributed by atoms with Crippen molar-refractivity contribution in [3.05, 3.63) is 0 Å². The highest BCUT2D eigenvalue weighted by Gasteiger charge is 2.35. The second-order valence-electron chi connectivity index (χ2n) is 3.99. The molecule has 0 radical (unpaired) electrons. The van der Waals surface area contributed by atoms with Crippen LogP contribution in [0.25, 0.3) is 0 Å². The summed E-state index contributed by atoms with van der Waals surface area (Å²) in [5.41, 5.74) is 0. The maximum absolute atomic E-state index is 12.0. The highest BCUT2D eigenvalue weighted by Crippen LogP contribution is 2.29. The van der Waals surface area contributed by atoms with Gasteiger partial charge in [0.1, 0.15) is 0 Å². The fourth-order valence-corrected chi connectivity index (χ4v) is 2.55. The third kappa shape index (κ3) is 2.02. The van der Waals surface area contributed by atoms with E-state index in [1.54, 1.807) is 0 Å². The van der Waals surface area contributed by atoms with E-state index in [1.165, 1.54) is 19.3 Å². The summed E-state index contributed by atoms with van der Waals surface area (Å²) in [6.07, 6.45) is 4.87. The Hall–Kier alpha value is -0.150. The summed E-state index contributed by atoms with van der Waals surface area (Å²) in [5.74, 6) is 0. The topological polar surface area (TPSA) is 12.5 Å². The molecule has 1 aliphatic heterocycles. The summed E-state index contributed by atoms with van der Waals surface area (Å²) in [6, 6.07) is 0.597. The van der Waals surface area contributed by atoms with Gasteiger partial charge in [-0.15, -0.1) is 0 Å². The van der Waals surface area contributed by atoms with E-state index in [0.717, 1.165) is 19.7 Å². The zero-order valence-corrected chi connectivity index (χ0v) is 8.04. The number of hydrogen-bond donors (Lipinski definition) is 0. The SMILES string of the molecule is FCCCN1CCO[C@H]2CCC[C@H]21. The number of ether oxygens (including phenoxy) is 1. The van der Waals surface area contributed by atoms with Gasteiger partial charge in [-0.2, -0.15) is 0 Å². The van der Waals surface area contributed by atoms with Gasteiger partial charge in [-0.3, -0.25) is 9.29 Å². The first-order valence-corrected chi connectivity index (χ1v) is 5.33. The Morgan fingerprint density at radius 2 is 2.31 bits per heavy atom. The molecule has 0 unspecified atom stereocenters. The van der Waals surface area contributed by atoms with E-state index >= 15 is 0 Å². The molecule has 1 aliphatic carbocycles. The Balaban J connectivity index is 1.86. The zero-order valence-electron chi connectivity index (χ0n) is 8.04. The number of rotatable bonds is 3. The molecule has 3 heteroatoms. The second-order valence-corrected chi connectivity index (χ2v) is 3.99. The minimum Gasteiger partial charge on any atom is -0.375 e. The first kappa shape index (κ1) is 9.41. The van der Waals surface area contributed by atoms with Gasteiger partial charge in [0.2, 0.25) is 0 Å². The molecule has 2 aliphatic rings. The molecule has 2 fully saturated rings. The number of nitrogens with zero attached hydrogens (tertiary/aromatic N) is 1. The second kappa shape index (κ2) is 4.38. The van der Waals surface area contributed by atoms with E-state index in [1.807, 2.05) is 0 Å². The molecule has 0 aromatic carbocycles. The zero-order chi connectivity index (χ0) is 9.10. The van der Waals surface area contributed by atoms with Gasteiger partial charge in [-0.1, -0.05) is 0 Å². The molecule has 76 valence electrons. The molecule has 0 bridgehead atoms. The average Bonchev–Trinajstić information content (AvgIpc) is 2.62. The van der Waals surface area contributed by atoms with Crippen LogP contribution in [0.4, 0.5) is 4.39 Å². The Labute approximate surface area is 79.1 Å². The third-order valence-electron chi connectivity index (χ3n) is 3.18. The van der Waals surface area contributed by atoms with Gasteiger partial charge in [0.15, 0.2) is 0 Å². The van der Waals surface area contributed by atoms with Crippen molar-refractivity contribution in [1.29, 1.82) is 0 Å². The molecule has 2 rings (SSSR count). The van der Waals surface area contributed by atoms with E-state index in [2.05, 4.69) is 4.90 Å². The average molecular weight is 187 g/mol. The fourth-order valence-electron chi connectivity index (χ4n) is 2.55. The molecule has 0 amide bonds. The van der Waals surface area contributed by atoms with Crippen LogP contribution < -0.4 is 0 Å². The lowest BCUT2D eigenvalue weighted by molar-refractivity contribution is -0.0560. The van der Waals surface area contributed by atoms with Crippen LogP contribution in [0, 0.1) is 0 Å². The van der Waals surface area contributed by atoms with E-state index in [0.29, 0.717) is 18.6 Å². The summed E-state index contributed by atoms with van der Waals surface area (Å²) in [4.78, 5) is 2.42. The van der Waals surface area contributed by atoms with Crippen LogP contribution in [0.15, 0.2) is 0 Å². The first-order chi connectivity index (χ1) is 6.42. The van der Waals surface area contributed by atoms with Crippen molar-refractivity contribution in [2.75, 3.05) is 26.4 Å². The number of morpholine rings is 1. The number of halogens is 1. The minimum atomic E-state index is -0.186. The van der Waals surface area contributed by atoms with Crippen LogP contribution in [0.2, 0.25) is 0 Å². The molecule has 2 nitrogen and oxygen atoms in total. The molecule has 0 spiro atoms. The summed E-state index contributed by atoms with van der Waals surface area (Å²) in [5, 5.41) is 0. The Morgan fingerprint density at radius 3 is 3.15 bits per heavy atom. The molecule has 0 aromatic rings. The van der Waals surface area contributed by atoms with Crippen LogP contribution in [-0.4, -0.2) is 43.4 Å². The minimum absolute atomic E-state index is 0.186. The van der Waals surface area contributed by atoms with Crippen molar-refractivity contribution in [3.63, 3.8) is 0 Å². The first-order valence-electron chi connectivity index (χ1n) is 5.33. The van der Waals surface area contributed by atoms with E-state index in [4.69, 9.17) is 4.74 Å². The van der Waals surface area contributed by atoms with Crippen molar-refractivity contribution in [2.45, 2.75) is 37.8 Å². The van der Waals surface area contributed by atoms with Gasteiger partial charge in [-0.05, 0) is 25.7 Å². The summed E-state index contributed by atoms with van der Waals surface area (Å²) < 4.78 is 17.7. The van der Waals surface area contributed by atoms with Gasteiger partial charge in [0.25, 0.3) is 0 Å². The molecule has 0 N–H and O–H groups in total. The smallest absolute Gasteiger partial charge is 0.0906 e. The summed E-state index contributed by atoms with van der Waals surface area (Å²) >= 11 is 0. The maximum Gasteiger partial charge on any atom is 0.0906 e. The molecule has 1 saturated carbocycles. The molecule has 13 heavy (non-hydrogen) atoms. The summed E-state index contributed by atoms with van der Waals surface area (Å²) in [6.45, 7) is 2.57. The van der Waals surface area contributed by atoms with E-state index < -0.39 is 0 Å².